The molecule has 454 valence electrons. The third kappa shape index (κ3) is 63.1. The highest BCUT2D eigenvalue weighted by atomic mass is 16.5. The van der Waals surface area contributed by atoms with Crippen molar-refractivity contribution in [2.75, 3.05) is 13.2 Å². The average Bonchev–Trinajstić information content (AvgIpc) is 3.43. The standard InChI is InChI=1S/C71H135NO5/c1-3-5-7-9-11-13-15-16-38-42-45-49-53-57-61-65-71(76)77-66-62-58-54-50-46-43-40-37-35-33-31-29-27-25-23-21-19-17-18-20-22-24-26-28-30-32-34-36-39-41-44-48-52-56-60-64-70(75)72-68(67-73)69(74)63-59-55-51-47-14-12-10-8-6-4-2/h19,21,25,27,59,63,68-69,73-74H,3-18,20,22-24,26,28-58,60-62,64-67H2,1-2H3,(H,72,75)/b21-19-,27-25-,63-59+. The fourth-order valence-corrected chi connectivity index (χ4v) is 10.8. The molecular weight excluding hydrogens is 947 g/mol. The van der Waals surface area contributed by atoms with Crippen LogP contribution in [0.5, 0.6) is 0 Å². The Hall–Kier alpha value is -1.92. The van der Waals surface area contributed by atoms with Crippen LogP contribution >= 0.6 is 0 Å². The highest BCUT2D eigenvalue weighted by Gasteiger charge is 2.18. The van der Waals surface area contributed by atoms with Crippen LogP contribution < -0.4 is 5.32 Å². The average molecular weight is 1080 g/mol. The number of rotatable bonds is 65. The second kappa shape index (κ2) is 66.6. The number of carbonyl (C=O) groups is 2. The molecule has 77 heavy (non-hydrogen) atoms. The van der Waals surface area contributed by atoms with Gasteiger partial charge in [-0.25, -0.2) is 0 Å². The summed E-state index contributed by atoms with van der Waals surface area (Å²) in [4.78, 5) is 24.5. The number of unbranched alkanes of at least 4 members (excludes halogenated alkanes) is 50. The SMILES string of the molecule is CCCCCCCCCC/C=C/C(O)C(CO)NC(=O)CCCCCCCCCCCCCCCCCCC/C=C\C/C=C\CCCCCCCCCCCCCOC(=O)CCCCCCCCCCCCCCCCC. The molecule has 2 unspecified atom stereocenters. The zero-order valence-corrected chi connectivity index (χ0v) is 52.0. The molecule has 0 saturated heterocycles. The molecule has 3 N–H and O–H groups in total. The molecule has 0 saturated carbocycles. The van der Waals surface area contributed by atoms with Gasteiger partial charge in [-0.15, -0.1) is 0 Å². The van der Waals surface area contributed by atoms with E-state index in [1.807, 2.05) is 6.08 Å². The van der Waals surface area contributed by atoms with Crippen LogP contribution in [0.3, 0.4) is 0 Å². The van der Waals surface area contributed by atoms with E-state index in [-0.39, 0.29) is 18.5 Å². The Balaban J connectivity index is 3.35. The zero-order chi connectivity index (χ0) is 55.7. The molecule has 0 aliphatic rings. The van der Waals surface area contributed by atoms with Gasteiger partial charge >= 0.3 is 5.97 Å². The highest BCUT2D eigenvalue weighted by molar-refractivity contribution is 5.76. The highest BCUT2D eigenvalue weighted by Crippen LogP contribution is 2.18. The third-order valence-corrected chi connectivity index (χ3v) is 16.2. The molecule has 0 aliphatic heterocycles. The van der Waals surface area contributed by atoms with Gasteiger partial charge in [0.2, 0.25) is 5.91 Å². The first-order valence-electron chi connectivity index (χ1n) is 34.8. The summed E-state index contributed by atoms with van der Waals surface area (Å²) < 4.78 is 5.50. The van der Waals surface area contributed by atoms with E-state index in [1.54, 1.807) is 6.08 Å². The summed E-state index contributed by atoms with van der Waals surface area (Å²) in [5.74, 6) is -0.0467. The van der Waals surface area contributed by atoms with Gasteiger partial charge in [0.05, 0.1) is 25.4 Å². The molecule has 0 aromatic heterocycles. The van der Waals surface area contributed by atoms with Gasteiger partial charge in [0, 0.05) is 12.8 Å². The van der Waals surface area contributed by atoms with Crippen molar-refractivity contribution in [3.63, 3.8) is 0 Å². The number of amides is 1. The molecule has 0 radical (unpaired) electrons. The van der Waals surface area contributed by atoms with Crippen molar-refractivity contribution in [2.45, 2.75) is 392 Å². The Kier molecular flexibility index (Phi) is 64.9. The first kappa shape index (κ1) is 75.1. The Morgan fingerprint density at radius 1 is 0.364 bits per heavy atom. The van der Waals surface area contributed by atoms with Gasteiger partial charge in [-0.05, 0) is 64.2 Å². The largest absolute Gasteiger partial charge is 0.466 e. The Bertz CT molecular complexity index is 1250. The van der Waals surface area contributed by atoms with Gasteiger partial charge in [0.1, 0.15) is 0 Å². The van der Waals surface area contributed by atoms with Crippen LogP contribution in [0.15, 0.2) is 36.5 Å². The summed E-state index contributed by atoms with van der Waals surface area (Å²) in [5.41, 5.74) is 0. The van der Waals surface area contributed by atoms with Gasteiger partial charge in [-0.3, -0.25) is 9.59 Å². The van der Waals surface area contributed by atoms with Crippen LogP contribution in [-0.2, 0) is 14.3 Å². The maximum atomic E-state index is 12.4. The normalized spacial score (nSPS) is 12.7. The van der Waals surface area contributed by atoms with Crippen LogP contribution in [0, 0.1) is 0 Å². The lowest BCUT2D eigenvalue weighted by Gasteiger charge is -2.20. The van der Waals surface area contributed by atoms with Crippen molar-refractivity contribution in [2.24, 2.45) is 0 Å². The van der Waals surface area contributed by atoms with Crippen molar-refractivity contribution in [1.29, 1.82) is 0 Å². The predicted molar refractivity (Wildman–Crippen MR) is 338 cm³/mol. The number of hydrogen-bond donors (Lipinski definition) is 3. The molecule has 6 heteroatoms. The quantitative estimate of drug-likeness (QED) is 0.0320. The van der Waals surface area contributed by atoms with Crippen LogP contribution in [0.1, 0.15) is 380 Å². The summed E-state index contributed by atoms with van der Waals surface area (Å²) >= 11 is 0. The first-order valence-corrected chi connectivity index (χ1v) is 34.8. The number of aliphatic hydroxyl groups is 2. The van der Waals surface area contributed by atoms with E-state index in [2.05, 4.69) is 43.5 Å². The number of nitrogens with one attached hydrogen (secondary N) is 1. The van der Waals surface area contributed by atoms with E-state index >= 15 is 0 Å². The second-order valence-electron chi connectivity index (χ2n) is 23.9. The summed E-state index contributed by atoms with van der Waals surface area (Å²) in [6.45, 7) is 4.91. The number of allylic oxidation sites excluding steroid dienone is 5. The first-order chi connectivity index (χ1) is 38.0. The van der Waals surface area contributed by atoms with Crippen LogP contribution in [0.4, 0.5) is 0 Å². The Morgan fingerprint density at radius 2 is 0.649 bits per heavy atom. The van der Waals surface area contributed by atoms with Crippen molar-refractivity contribution in [3.8, 4) is 0 Å². The lowest BCUT2D eigenvalue weighted by Crippen LogP contribution is -2.45. The summed E-state index contributed by atoms with van der Waals surface area (Å²) in [6, 6.07) is -0.624. The van der Waals surface area contributed by atoms with Gasteiger partial charge in [-0.1, -0.05) is 339 Å². The second-order valence-corrected chi connectivity index (χ2v) is 23.9. The molecule has 0 aromatic carbocycles. The van der Waals surface area contributed by atoms with E-state index in [0.29, 0.717) is 19.4 Å². The number of aliphatic hydroxyl groups excluding tert-OH is 2. The Morgan fingerprint density at radius 3 is 0.987 bits per heavy atom. The van der Waals surface area contributed by atoms with Gasteiger partial charge in [0.25, 0.3) is 0 Å². The number of ether oxygens (including phenoxy) is 1. The smallest absolute Gasteiger partial charge is 0.305 e. The maximum absolute atomic E-state index is 12.4. The molecule has 1 amide bonds. The fraction of sp³-hybridized carbons (Fsp3) is 0.887. The fourth-order valence-electron chi connectivity index (χ4n) is 10.8. The minimum atomic E-state index is -0.841. The van der Waals surface area contributed by atoms with Crippen LogP contribution in [0.25, 0.3) is 0 Å². The lowest BCUT2D eigenvalue weighted by atomic mass is 10.0. The van der Waals surface area contributed by atoms with Crippen molar-refractivity contribution >= 4 is 11.9 Å². The molecule has 0 aromatic rings. The molecule has 6 nitrogen and oxygen atoms in total. The molecule has 0 fully saturated rings. The molecule has 2 atom stereocenters. The zero-order valence-electron chi connectivity index (χ0n) is 52.0. The van der Waals surface area contributed by atoms with Crippen molar-refractivity contribution in [1.82, 2.24) is 5.32 Å². The van der Waals surface area contributed by atoms with Gasteiger partial charge in [-0.2, -0.15) is 0 Å². The van der Waals surface area contributed by atoms with Crippen molar-refractivity contribution in [3.05, 3.63) is 36.5 Å². The third-order valence-electron chi connectivity index (χ3n) is 16.2. The molecule has 0 spiro atoms. The summed E-state index contributed by atoms with van der Waals surface area (Å²) in [6.07, 6.45) is 85.3. The van der Waals surface area contributed by atoms with E-state index in [9.17, 15) is 19.8 Å². The van der Waals surface area contributed by atoms with E-state index < -0.39 is 12.1 Å². The molecular formula is C71H135NO5. The molecule has 0 aliphatic carbocycles. The lowest BCUT2D eigenvalue weighted by molar-refractivity contribution is -0.143. The van der Waals surface area contributed by atoms with Gasteiger partial charge in [0.15, 0.2) is 0 Å². The number of hydrogen-bond acceptors (Lipinski definition) is 5. The number of carbonyl (C=O) groups excluding carboxylic acids is 2. The predicted octanol–water partition coefficient (Wildman–Crippen LogP) is 22.3. The topological polar surface area (TPSA) is 95.9 Å². The minimum Gasteiger partial charge on any atom is -0.466 e. The van der Waals surface area contributed by atoms with E-state index in [4.69, 9.17) is 4.74 Å². The minimum absolute atomic E-state index is 0.0197. The van der Waals surface area contributed by atoms with Crippen LogP contribution in [-0.4, -0.2) is 47.4 Å². The monoisotopic (exact) mass is 1080 g/mol. The van der Waals surface area contributed by atoms with Crippen molar-refractivity contribution < 1.29 is 24.5 Å². The molecule has 0 heterocycles. The van der Waals surface area contributed by atoms with Gasteiger partial charge < -0.3 is 20.3 Å². The molecule has 0 rings (SSSR count). The van der Waals surface area contributed by atoms with Crippen LogP contribution in [0.2, 0.25) is 0 Å². The Labute approximate surface area is 481 Å². The summed E-state index contributed by atoms with van der Waals surface area (Å²) in [5, 5.41) is 23.0. The van der Waals surface area contributed by atoms with E-state index in [1.165, 1.54) is 308 Å². The summed E-state index contributed by atoms with van der Waals surface area (Å²) in [7, 11) is 0. The van der Waals surface area contributed by atoms with E-state index in [0.717, 1.165) is 44.9 Å². The number of esters is 1. The molecule has 0 bridgehead atoms. The maximum Gasteiger partial charge on any atom is 0.305 e.